The molecule has 5 fully saturated rings. The highest BCUT2D eigenvalue weighted by atomic mass is 16.6. The molecule has 1 heterocycles. The van der Waals surface area contributed by atoms with Crippen molar-refractivity contribution in [2.24, 2.45) is 23.2 Å². The van der Waals surface area contributed by atoms with E-state index in [4.69, 9.17) is 14.7 Å². The molecule has 3 unspecified atom stereocenters. The van der Waals surface area contributed by atoms with Gasteiger partial charge in [-0.15, -0.1) is 0 Å². The lowest BCUT2D eigenvalue weighted by Crippen LogP contribution is -2.48. The van der Waals surface area contributed by atoms with Crippen LogP contribution < -0.4 is 5.32 Å². The van der Waals surface area contributed by atoms with Gasteiger partial charge in [0, 0.05) is 25.2 Å². The summed E-state index contributed by atoms with van der Waals surface area (Å²) in [6.45, 7) is 0.879. The van der Waals surface area contributed by atoms with Crippen molar-refractivity contribution in [1.82, 2.24) is 4.90 Å². The second-order valence-corrected chi connectivity index (χ2v) is 10.6. The van der Waals surface area contributed by atoms with Gasteiger partial charge in [0.2, 0.25) is 0 Å². The molecule has 1 amide bonds. The lowest BCUT2D eigenvalue weighted by molar-refractivity contribution is -0.384. The summed E-state index contributed by atoms with van der Waals surface area (Å²) in [6.07, 6.45) is 5.34. The first-order valence-corrected chi connectivity index (χ1v) is 12.3. The zero-order valence-corrected chi connectivity index (χ0v) is 19.8. The van der Waals surface area contributed by atoms with Crippen LogP contribution in [-0.4, -0.2) is 54.2 Å². The van der Waals surface area contributed by atoms with E-state index in [0.717, 1.165) is 38.5 Å². The average Bonchev–Trinajstić information content (AvgIpc) is 3.24. The Morgan fingerprint density at radius 3 is 2.80 bits per heavy atom. The molecule has 186 valence electrons. The summed E-state index contributed by atoms with van der Waals surface area (Å²) in [4.78, 5) is 38.3. The highest BCUT2D eigenvalue weighted by molar-refractivity contribution is 5.77. The van der Waals surface area contributed by atoms with E-state index in [1.54, 1.807) is 4.90 Å². The molecule has 0 spiro atoms. The fourth-order valence-electron chi connectivity index (χ4n) is 7.06. The largest absolute Gasteiger partial charge is 0.469 e. The maximum atomic E-state index is 13.1. The number of nitro benzene ring substituents is 1. The summed E-state index contributed by atoms with van der Waals surface area (Å²) >= 11 is 0. The highest BCUT2D eigenvalue weighted by Crippen LogP contribution is 2.58. The molecule has 1 N–H and O–H groups in total. The average molecular weight is 483 g/mol. The van der Waals surface area contributed by atoms with E-state index in [9.17, 15) is 19.7 Å². The van der Waals surface area contributed by atoms with Gasteiger partial charge in [0.05, 0.1) is 29.1 Å². The van der Waals surface area contributed by atoms with Crippen LogP contribution in [0, 0.1) is 44.6 Å². The Bertz CT molecular complexity index is 1090. The van der Waals surface area contributed by atoms with Crippen molar-refractivity contribution in [3.05, 3.63) is 33.9 Å². The number of likely N-dealkylation sites (tertiary alicyclic amines) is 1. The summed E-state index contributed by atoms with van der Waals surface area (Å²) in [6, 6.07) is 6.08. The maximum Gasteiger partial charge on any atom is 0.410 e. The van der Waals surface area contributed by atoms with Gasteiger partial charge in [-0.25, -0.2) is 4.79 Å². The standard InChI is InChI=1S/C25H30N4O6/c1-34-23(30)25-6-4-17-8-16(11-25)9-18(12-25)22(17)35-24(31)28-7-5-19(14-28)27-20-3-2-15(13-26)10-21(20)29(32)33/h2-3,10,16-19,22,27H,4-9,11-12,14H2,1H3/t16?,17?,18?,19-,22+,25-/m1/s1. The third-order valence-electron chi connectivity index (χ3n) is 8.51. The summed E-state index contributed by atoms with van der Waals surface area (Å²) in [5, 5.41) is 23.6. The number of hydrogen-bond donors (Lipinski definition) is 1. The third-order valence-corrected chi connectivity index (χ3v) is 8.51. The number of nitrogens with zero attached hydrogens (tertiary/aromatic N) is 3. The first kappa shape index (κ1) is 23.4. The first-order valence-electron chi connectivity index (χ1n) is 12.3. The number of benzene rings is 1. The van der Waals surface area contributed by atoms with Crippen molar-refractivity contribution in [2.45, 2.75) is 57.1 Å². The molecular formula is C25H30N4O6. The Hall–Kier alpha value is -3.35. The van der Waals surface area contributed by atoms with Gasteiger partial charge in [-0.1, -0.05) is 0 Å². The SMILES string of the molecule is COC(=O)[C@@]12CCC3CC(CC(C1)[C@H]3OC(=O)N1CC[C@@H](Nc3ccc(C#N)cc3[N+](=O)[O-])C1)C2. The molecule has 4 saturated carbocycles. The van der Waals surface area contributed by atoms with Crippen molar-refractivity contribution < 1.29 is 24.0 Å². The second-order valence-electron chi connectivity index (χ2n) is 10.6. The van der Waals surface area contributed by atoms with Crippen LogP contribution in [0.15, 0.2) is 18.2 Å². The van der Waals surface area contributed by atoms with Crippen molar-refractivity contribution >= 4 is 23.4 Å². The Balaban J connectivity index is 1.23. The van der Waals surface area contributed by atoms with Gasteiger partial charge in [0.15, 0.2) is 0 Å². The van der Waals surface area contributed by atoms with Gasteiger partial charge < -0.3 is 19.7 Å². The molecule has 0 aromatic heterocycles. The molecule has 6 atom stereocenters. The zero-order valence-electron chi connectivity index (χ0n) is 19.8. The minimum atomic E-state index is -0.513. The molecule has 1 aliphatic heterocycles. The summed E-state index contributed by atoms with van der Waals surface area (Å²) in [7, 11) is 1.46. The molecule has 10 nitrogen and oxygen atoms in total. The number of nitro groups is 1. The number of amides is 1. The Morgan fingerprint density at radius 1 is 1.26 bits per heavy atom. The van der Waals surface area contributed by atoms with E-state index in [-0.39, 0.29) is 47.3 Å². The van der Waals surface area contributed by atoms with Crippen LogP contribution >= 0.6 is 0 Å². The number of hydrogen-bond acceptors (Lipinski definition) is 8. The number of nitriles is 1. The molecule has 1 aromatic rings. The van der Waals surface area contributed by atoms with Gasteiger partial charge in [-0.05, 0) is 74.8 Å². The van der Waals surface area contributed by atoms with Gasteiger partial charge in [0.25, 0.3) is 5.69 Å². The van der Waals surface area contributed by atoms with E-state index < -0.39 is 10.3 Å². The number of ether oxygens (including phenoxy) is 2. The van der Waals surface area contributed by atoms with Crippen LogP contribution in [-0.2, 0) is 14.3 Å². The number of methoxy groups -OCH3 is 1. The van der Waals surface area contributed by atoms with Crippen LogP contribution in [0.4, 0.5) is 16.2 Å². The molecular weight excluding hydrogens is 452 g/mol. The van der Waals surface area contributed by atoms with Crippen molar-refractivity contribution in [1.29, 1.82) is 5.26 Å². The monoisotopic (exact) mass is 482 g/mol. The quantitative estimate of drug-likeness (QED) is 0.380. The van der Waals surface area contributed by atoms with Crippen LogP contribution in [0.2, 0.25) is 0 Å². The number of esters is 1. The summed E-state index contributed by atoms with van der Waals surface area (Å²) in [5.41, 5.74) is -0.0368. The fraction of sp³-hybridized carbons (Fsp3) is 0.640. The van der Waals surface area contributed by atoms with Crippen LogP contribution in [0.5, 0.6) is 0 Å². The third kappa shape index (κ3) is 4.28. The van der Waals surface area contributed by atoms with Crippen molar-refractivity contribution in [3.8, 4) is 6.07 Å². The van der Waals surface area contributed by atoms with Crippen LogP contribution in [0.1, 0.15) is 50.5 Å². The molecule has 0 radical (unpaired) electrons. The van der Waals surface area contributed by atoms with Crippen LogP contribution in [0.3, 0.4) is 0 Å². The number of carbonyl (C=O) groups excluding carboxylic acids is 2. The smallest absolute Gasteiger partial charge is 0.410 e. The first-order chi connectivity index (χ1) is 16.8. The zero-order chi connectivity index (χ0) is 24.7. The van der Waals surface area contributed by atoms with Gasteiger partial charge >= 0.3 is 12.1 Å². The lowest BCUT2D eigenvalue weighted by atomic mass is 9.60. The second kappa shape index (κ2) is 9.02. The number of fused-ring (bicyclic) bond motifs is 1. The molecule has 6 rings (SSSR count). The Labute approximate surface area is 203 Å². The molecule has 5 aliphatic rings. The fourth-order valence-corrected chi connectivity index (χ4v) is 7.06. The number of anilines is 1. The topological polar surface area (TPSA) is 135 Å². The summed E-state index contributed by atoms with van der Waals surface area (Å²) < 4.78 is 11.3. The Morgan fingerprint density at radius 2 is 2.06 bits per heavy atom. The van der Waals surface area contributed by atoms with Crippen molar-refractivity contribution in [2.75, 3.05) is 25.5 Å². The molecule has 10 heteroatoms. The molecule has 1 saturated heterocycles. The van der Waals surface area contributed by atoms with Crippen molar-refractivity contribution in [3.63, 3.8) is 0 Å². The predicted octanol–water partition coefficient (Wildman–Crippen LogP) is 3.85. The molecule has 4 aliphatic carbocycles. The van der Waals surface area contributed by atoms with E-state index in [0.29, 0.717) is 31.1 Å². The maximum absolute atomic E-state index is 13.1. The van der Waals surface area contributed by atoms with Gasteiger partial charge in [-0.3, -0.25) is 14.9 Å². The minimum absolute atomic E-state index is 0.120. The normalized spacial score (nSPS) is 33.0. The minimum Gasteiger partial charge on any atom is -0.469 e. The molecule has 1 aromatic carbocycles. The van der Waals surface area contributed by atoms with E-state index >= 15 is 0 Å². The van der Waals surface area contributed by atoms with Crippen LogP contribution in [0.25, 0.3) is 0 Å². The highest BCUT2D eigenvalue weighted by Gasteiger charge is 2.56. The van der Waals surface area contributed by atoms with Gasteiger partial charge in [-0.2, -0.15) is 5.26 Å². The molecule has 35 heavy (non-hydrogen) atoms. The van der Waals surface area contributed by atoms with Gasteiger partial charge in [0.1, 0.15) is 11.8 Å². The predicted molar refractivity (Wildman–Crippen MR) is 124 cm³/mol. The van der Waals surface area contributed by atoms with E-state index in [1.165, 1.54) is 25.3 Å². The summed E-state index contributed by atoms with van der Waals surface area (Å²) in [5.74, 6) is 0.814. The molecule has 4 bridgehead atoms. The van der Waals surface area contributed by atoms with E-state index in [2.05, 4.69) is 5.32 Å². The van der Waals surface area contributed by atoms with E-state index in [1.807, 2.05) is 6.07 Å². The Kier molecular flexibility index (Phi) is 6.03. The number of carbonyl (C=O) groups is 2. The number of rotatable bonds is 5. The number of nitrogens with one attached hydrogen (secondary N) is 1. The lowest BCUT2D eigenvalue weighted by Gasteiger charge is -2.46.